The molecule has 7 unspecified atom stereocenters. The van der Waals surface area contributed by atoms with Crippen molar-refractivity contribution in [3.05, 3.63) is 0 Å². The first-order valence-corrected chi connectivity index (χ1v) is 13.3. The van der Waals surface area contributed by atoms with Crippen molar-refractivity contribution in [2.75, 3.05) is 20.3 Å². The zero-order chi connectivity index (χ0) is 24.0. The number of rotatable bonds is 6. The van der Waals surface area contributed by atoms with Gasteiger partial charge in [-0.3, -0.25) is 20.3 Å². The van der Waals surface area contributed by atoms with Gasteiger partial charge >= 0.3 is 6.18 Å². The lowest BCUT2D eigenvalue weighted by Gasteiger charge is -2.45. The zero-order valence-electron chi connectivity index (χ0n) is 20.4. The van der Waals surface area contributed by atoms with Gasteiger partial charge in [0.05, 0.1) is 31.1 Å². The molecule has 194 valence electrons. The summed E-state index contributed by atoms with van der Waals surface area (Å²) in [5.74, 6) is -1.65. The lowest BCUT2D eigenvalue weighted by atomic mass is 9.73. The average molecular weight is 487 g/mol. The minimum atomic E-state index is -4.22. The minimum absolute atomic E-state index is 0.0615. The van der Waals surface area contributed by atoms with E-state index in [1.54, 1.807) is 4.90 Å². The summed E-state index contributed by atoms with van der Waals surface area (Å²) in [6, 6.07) is 0.505. The van der Waals surface area contributed by atoms with Crippen molar-refractivity contribution in [2.45, 2.75) is 95.4 Å². The molecule has 0 spiro atoms. The van der Waals surface area contributed by atoms with Crippen LogP contribution in [0.25, 0.3) is 0 Å². The van der Waals surface area contributed by atoms with Gasteiger partial charge in [-0.25, -0.2) is 10.9 Å². The summed E-state index contributed by atoms with van der Waals surface area (Å²) in [6.45, 7) is 3.33. The molecule has 2 aliphatic carbocycles. The molecule has 2 saturated carbocycles. The number of hydrazine groups is 1. The van der Waals surface area contributed by atoms with E-state index in [0.29, 0.717) is 30.7 Å². The van der Waals surface area contributed by atoms with Crippen molar-refractivity contribution in [2.24, 2.45) is 29.6 Å². The van der Waals surface area contributed by atoms with Crippen LogP contribution in [0.2, 0.25) is 0 Å². The number of amides is 1. The molecule has 4 N–H and O–H groups in total. The van der Waals surface area contributed by atoms with Gasteiger partial charge in [0.1, 0.15) is 0 Å². The predicted molar refractivity (Wildman–Crippen MR) is 123 cm³/mol. The molecule has 0 radical (unpaired) electrons. The van der Waals surface area contributed by atoms with E-state index < -0.39 is 23.9 Å². The molecule has 3 aliphatic heterocycles. The van der Waals surface area contributed by atoms with Crippen molar-refractivity contribution < 1.29 is 18.0 Å². The monoisotopic (exact) mass is 486 g/mol. The number of nitrogens with zero attached hydrogens (tertiary/aromatic N) is 2. The van der Waals surface area contributed by atoms with Gasteiger partial charge in [0, 0.05) is 18.5 Å². The highest BCUT2D eigenvalue weighted by molar-refractivity contribution is 5.82. The Labute approximate surface area is 200 Å². The SMILES string of the molecule is C[C@H](CC1NNCN1C)C1CC(NC2CCC2)NC(N2CC3C(CCCC3C(F)(F)F)C2=O)C1. The molecular formula is C24H41F3N6O. The smallest absolute Gasteiger partial charge is 0.327 e. The molecule has 3 heterocycles. The number of alkyl halides is 3. The number of nitrogens with one attached hydrogen (secondary N) is 4. The van der Waals surface area contributed by atoms with Gasteiger partial charge in [-0.15, -0.1) is 0 Å². The van der Waals surface area contributed by atoms with Crippen LogP contribution in [0.1, 0.15) is 64.7 Å². The Morgan fingerprint density at radius 2 is 1.91 bits per heavy atom. The molecule has 5 aliphatic rings. The van der Waals surface area contributed by atoms with Crippen molar-refractivity contribution in [1.29, 1.82) is 0 Å². The van der Waals surface area contributed by atoms with E-state index in [-0.39, 0.29) is 37.4 Å². The number of carbonyl (C=O) groups is 1. The first-order valence-electron chi connectivity index (χ1n) is 13.3. The van der Waals surface area contributed by atoms with E-state index in [0.717, 1.165) is 25.9 Å². The van der Waals surface area contributed by atoms with E-state index in [2.05, 4.69) is 40.4 Å². The maximum absolute atomic E-state index is 13.7. The number of halogens is 3. The summed E-state index contributed by atoms with van der Waals surface area (Å²) in [5.41, 5.74) is 6.53. The number of likely N-dealkylation sites (tertiary alicyclic amines) is 1. The van der Waals surface area contributed by atoms with E-state index in [1.165, 1.54) is 19.3 Å². The normalized spacial score (nSPS) is 40.9. The molecule has 7 nitrogen and oxygen atoms in total. The van der Waals surface area contributed by atoms with Crippen molar-refractivity contribution >= 4 is 5.91 Å². The Morgan fingerprint density at radius 3 is 2.56 bits per heavy atom. The van der Waals surface area contributed by atoms with E-state index in [1.807, 2.05) is 0 Å². The fourth-order valence-electron chi connectivity index (χ4n) is 7.05. The van der Waals surface area contributed by atoms with Crippen molar-refractivity contribution in [3.8, 4) is 0 Å². The van der Waals surface area contributed by atoms with Crippen LogP contribution in [0, 0.1) is 29.6 Å². The van der Waals surface area contributed by atoms with Crippen LogP contribution >= 0.6 is 0 Å². The Morgan fingerprint density at radius 1 is 1.15 bits per heavy atom. The Kier molecular flexibility index (Phi) is 7.16. The van der Waals surface area contributed by atoms with Gasteiger partial charge in [0.15, 0.2) is 0 Å². The summed E-state index contributed by atoms with van der Waals surface area (Å²) in [5, 5.41) is 7.39. The Hall–Kier alpha value is -0.940. The maximum Gasteiger partial charge on any atom is 0.392 e. The molecule has 1 amide bonds. The third kappa shape index (κ3) is 4.98. The van der Waals surface area contributed by atoms with Gasteiger partial charge in [0.25, 0.3) is 0 Å². The third-order valence-corrected chi connectivity index (χ3v) is 9.40. The number of piperidine rings is 1. The second-order valence-electron chi connectivity index (χ2n) is 11.6. The largest absolute Gasteiger partial charge is 0.392 e. The van der Waals surface area contributed by atoms with Crippen LogP contribution in [-0.4, -0.2) is 66.7 Å². The number of hydrogen-bond donors (Lipinski definition) is 4. The topological polar surface area (TPSA) is 71.7 Å². The molecule has 0 aromatic rings. The molecule has 5 fully saturated rings. The van der Waals surface area contributed by atoms with Crippen LogP contribution < -0.4 is 21.5 Å². The molecular weight excluding hydrogens is 445 g/mol. The summed E-state index contributed by atoms with van der Waals surface area (Å²) in [4.78, 5) is 17.4. The highest BCUT2D eigenvalue weighted by Gasteiger charge is 2.56. The molecule has 0 aromatic carbocycles. The number of fused-ring (bicyclic) bond motifs is 1. The highest BCUT2D eigenvalue weighted by atomic mass is 19.4. The summed E-state index contributed by atoms with van der Waals surface area (Å²) < 4.78 is 41.2. The van der Waals surface area contributed by atoms with Crippen LogP contribution in [0.3, 0.4) is 0 Å². The molecule has 34 heavy (non-hydrogen) atoms. The van der Waals surface area contributed by atoms with Gasteiger partial charge < -0.3 is 4.90 Å². The summed E-state index contributed by atoms with van der Waals surface area (Å²) >= 11 is 0. The predicted octanol–water partition coefficient (Wildman–Crippen LogP) is 2.57. The van der Waals surface area contributed by atoms with E-state index in [4.69, 9.17) is 0 Å². The summed E-state index contributed by atoms with van der Waals surface area (Å²) in [7, 11) is 2.10. The maximum atomic E-state index is 13.7. The van der Waals surface area contributed by atoms with Gasteiger partial charge in [-0.1, -0.05) is 19.8 Å². The average Bonchev–Trinajstić information content (AvgIpc) is 3.32. The molecule has 10 heteroatoms. The Bertz CT molecular complexity index is 734. The third-order valence-electron chi connectivity index (χ3n) is 9.40. The molecule has 0 aromatic heterocycles. The summed E-state index contributed by atoms with van der Waals surface area (Å²) in [6.07, 6.45) is 3.55. The lowest BCUT2D eigenvalue weighted by Crippen LogP contribution is -2.62. The standard InChI is InChI=1S/C24H41F3N6O/c1-14(9-22-31-28-13-32(22)2)15-10-20(29-16-5-3-6-16)30-21(11-15)33-12-18-17(23(33)34)7-4-8-19(18)24(25,26)27/h14-22,28-31H,3-13H2,1-2H3/t14-,15?,17?,18?,19?,20?,21?,22?/m1/s1. The van der Waals surface area contributed by atoms with Crippen LogP contribution in [0.5, 0.6) is 0 Å². The van der Waals surface area contributed by atoms with Crippen LogP contribution in [-0.2, 0) is 4.79 Å². The highest BCUT2D eigenvalue weighted by Crippen LogP contribution is 2.48. The first-order chi connectivity index (χ1) is 16.2. The van der Waals surface area contributed by atoms with Crippen LogP contribution in [0.4, 0.5) is 13.2 Å². The number of carbonyl (C=O) groups excluding carboxylic acids is 1. The first kappa shape index (κ1) is 24.7. The number of hydrogen-bond acceptors (Lipinski definition) is 6. The van der Waals surface area contributed by atoms with Crippen LogP contribution in [0.15, 0.2) is 0 Å². The van der Waals surface area contributed by atoms with E-state index >= 15 is 0 Å². The molecule has 0 bridgehead atoms. The fraction of sp³-hybridized carbons (Fsp3) is 0.958. The lowest BCUT2D eigenvalue weighted by molar-refractivity contribution is -0.198. The Balaban J connectivity index is 1.30. The second-order valence-corrected chi connectivity index (χ2v) is 11.6. The van der Waals surface area contributed by atoms with Crippen molar-refractivity contribution in [3.63, 3.8) is 0 Å². The molecule has 8 atom stereocenters. The van der Waals surface area contributed by atoms with Gasteiger partial charge in [-0.2, -0.15) is 13.2 Å². The van der Waals surface area contributed by atoms with Gasteiger partial charge in [0.2, 0.25) is 5.91 Å². The van der Waals surface area contributed by atoms with Crippen molar-refractivity contribution in [1.82, 2.24) is 31.3 Å². The minimum Gasteiger partial charge on any atom is -0.327 e. The quantitative estimate of drug-likeness (QED) is 0.463. The second kappa shape index (κ2) is 9.84. The van der Waals surface area contributed by atoms with Gasteiger partial charge in [-0.05, 0) is 69.7 Å². The zero-order valence-corrected chi connectivity index (χ0v) is 20.4. The fourth-order valence-corrected chi connectivity index (χ4v) is 7.05. The molecule has 5 rings (SSSR count). The van der Waals surface area contributed by atoms with E-state index in [9.17, 15) is 18.0 Å². The molecule has 3 saturated heterocycles.